The third-order valence-electron chi connectivity index (χ3n) is 2.51. The maximum absolute atomic E-state index is 10.5. The first-order chi connectivity index (χ1) is 9.94. The SMILES string of the molecule is Cc1cc(Cl)ccc1NC(=S)Nc1cn(CC(=O)O)nn1. The number of anilines is 2. The Morgan fingerprint density at radius 3 is 2.90 bits per heavy atom. The zero-order valence-electron chi connectivity index (χ0n) is 11.0. The number of aliphatic carboxylic acids is 1. The molecule has 0 spiro atoms. The lowest BCUT2D eigenvalue weighted by molar-refractivity contribution is -0.137. The third-order valence-corrected chi connectivity index (χ3v) is 2.95. The zero-order chi connectivity index (χ0) is 15.4. The molecular weight excluding hydrogens is 314 g/mol. The maximum atomic E-state index is 10.5. The Morgan fingerprint density at radius 2 is 2.24 bits per heavy atom. The molecule has 1 aromatic heterocycles. The molecule has 9 heteroatoms. The van der Waals surface area contributed by atoms with Crippen LogP contribution in [-0.4, -0.2) is 31.2 Å². The summed E-state index contributed by atoms with van der Waals surface area (Å²) in [7, 11) is 0. The number of rotatable bonds is 4. The number of aromatic nitrogens is 3. The molecule has 3 N–H and O–H groups in total. The summed E-state index contributed by atoms with van der Waals surface area (Å²) in [4.78, 5) is 10.5. The van der Waals surface area contributed by atoms with E-state index in [9.17, 15) is 4.79 Å². The van der Waals surface area contributed by atoms with Crippen LogP contribution in [0, 0.1) is 6.92 Å². The molecule has 0 aliphatic rings. The number of nitrogens with one attached hydrogen (secondary N) is 2. The highest BCUT2D eigenvalue weighted by Crippen LogP contribution is 2.19. The van der Waals surface area contributed by atoms with E-state index in [-0.39, 0.29) is 6.54 Å². The molecular formula is C12H12ClN5O2S. The van der Waals surface area contributed by atoms with Crippen LogP contribution in [0.3, 0.4) is 0 Å². The molecule has 0 aliphatic heterocycles. The van der Waals surface area contributed by atoms with Crippen molar-refractivity contribution in [2.24, 2.45) is 0 Å². The second-order valence-corrected chi connectivity index (χ2v) is 5.08. The highest BCUT2D eigenvalue weighted by atomic mass is 35.5. The molecule has 7 nitrogen and oxygen atoms in total. The van der Waals surface area contributed by atoms with Crippen molar-refractivity contribution in [2.45, 2.75) is 13.5 Å². The van der Waals surface area contributed by atoms with Gasteiger partial charge in [0.1, 0.15) is 6.54 Å². The highest BCUT2D eigenvalue weighted by Gasteiger charge is 2.07. The van der Waals surface area contributed by atoms with E-state index >= 15 is 0 Å². The van der Waals surface area contributed by atoms with Crippen LogP contribution >= 0.6 is 23.8 Å². The first-order valence-electron chi connectivity index (χ1n) is 5.90. The number of aryl methyl sites for hydroxylation is 1. The van der Waals surface area contributed by atoms with Crippen molar-refractivity contribution in [1.82, 2.24) is 15.0 Å². The van der Waals surface area contributed by atoms with Gasteiger partial charge in [0.05, 0.1) is 6.20 Å². The lowest BCUT2D eigenvalue weighted by Crippen LogP contribution is -2.19. The number of carboxylic acid groups (broad SMARTS) is 1. The van der Waals surface area contributed by atoms with Crippen molar-refractivity contribution in [3.05, 3.63) is 35.0 Å². The van der Waals surface area contributed by atoms with E-state index in [2.05, 4.69) is 20.9 Å². The van der Waals surface area contributed by atoms with Crippen molar-refractivity contribution in [1.29, 1.82) is 0 Å². The van der Waals surface area contributed by atoms with E-state index in [0.717, 1.165) is 11.3 Å². The smallest absolute Gasteiger partial charge is 0.325 e. The molecule has 0 aliphatic carbocycles. The molecule has 2 rings (SSSR count). The fourth-order valence-corrected chi connectivity index (χ4v) is 2.05. The van der Waals surface area contributed by atoms with Crippen LogP contribution < -0.4 is 10.6 Å². The number of nitrogens with zero attached hydrogens (tertiary/aromatic N) is 3. The lowest BCUT2D eigenvalue weighted by Gasteiger charge is -2.10. The van der Waals surface area contributed by atoms with Gasteiger partial charge in [0.15, 0.2) is 10.9 Å². The van der Waals surface area contributed by atoms with Crippen molar-refractivity contribution in [3.8, 4) is 0 Å². The third kappa shape index (κ3) is 4.40. The largest absolute Gasteiger partial charge is 0.480 e. The standard InChI is InChI=1S/C12H12ClN5O2S/c1-7-4-8(13)2-3-9(7)14-12(21)15-10-5-18(17-16-10)6-11(19)20/h2-5H,6H2,1H3,(H,19,20)(H2,14,15,21). The fraction of sp³-hybridized carbons (Fsp3) is 0.167. The summed E-state index contributed by atoms with van der Waals surface area (Å²) in [6.45, 7) is 1.64. The van der Waals surface area contributed by atoms with Gasteiger partial charge in [0, 0.05) is 10.7 Å². The summed E-state index contributed by atoms with van der Waals surface area (Å²) >= 11 is 11.0. The van der Waals surface area contributed by atoms with Gasteiger partial charge >= 0.3 is 5.97 Å². The van der Waals surface area contributed by atoms with Crippen molar-refractivity contribution in [3.63, 3.8) is 0 Å². The predicted octanol–water partition coefficient (Wildman–Crippen LogP) is 2.13. The molecule has 1 heterocycles. The average molecular weight is 326 g/mol. The first-order valence-corrected chi connectivity index (χ1v) is 6.69. The van der Waals surface area contributed by atoms with Crippen LogP contribution in [-0.2, 0) is 11.3 Å². The molecule has 0 bridgehead atoms. The van der Waals surface area contributed by atoms with Gasteiger partial charge in [-0.15, -0.1) is 5.10 Å². The van der Waals surface area contributed by atoms with Gasteiger partial charge in [-0.3, -0.25) is 4.79 Å². The van der Waals surface area contributed by atoms with Crippen molar-refractivity contribution >= 4 is 46.4 Å². The summed E-state index contributed by atoms with van der Waals surface area (Å²) in [6.07, 6.45) is 1.46. The molecule has 0 atom stereocenters. The van der Waals surface area contributed by atoms with Crippen LogP contribution in [0.5, 0.6) is 0 Å². The lowest BCUT2D eigenvalue weighted by atomic mass is 10.2. The summed E-state index contributed by atoms with van der Waals surface area (Å²) < 4.78 is 1.20. The molecule has 110 valence electrons. The van der Waals surface area contributed by atoms with Gasteiger partial charge < -0.3 is 15.7 Å². The number of thiocarbonyl (C=S) groups is 1. The second-order valence-electron chi connectivity index (χ2n) is 4.23. The Kier molecular flexibility index (Phi) is 4.71. The molecule has 21 heavy (non-hydrogen) atoms. The van der Waals surface area contributed by atoms with E-state index in [1.54, 1.807) is 6.07 Å². The number of carbonyl (C=O) groups is 1. The van der Waals surface area contributed by atoms with Gasteiger partial charge in [-0.25, -0.2) is 4.68 Å². The van der Waals surface area contributed by atoms with Crippen molar-refractivity contribution < 1.29 is 9.90 Å². The van der Waals surface area contributed by atoms with E-state index < -0.39 is 5.97 Å². The summed E-state index contributed by atoms with van der Waals surface area (Å²) in [5.41, 5.74) is 1.76. The number of carboxylic acids is 1. The van der Waals surface area contributed by atoms with Crippen molar-refractivity contribution in [2.75, 3.05) is 10.6 Å². The molecule has 0 fully saturated rings. The Labute approximate surface area is 130 Å². The normalized spacial score (nSPS) is 10.2. The van der Waals surface area contributed by atoms with Gasteiger partial charge in [-0.1, -0.05) is 16.8 Å². The summed E-state index contributed by atoms with van der Waals surface area (Å²) in [5.74, 6) is -0.635. The Hall–Kier alpha value is -2.19. The van der Waals surface area contributed by atoms with Crippen LogP contribution in [0.15, 0.2) is 24.4 Å². The molecule has 0 amide bonds. The second kappa shape index (κ2) is 6.51. The fourth-order valence-electron chi connectivity index (χ4n) is 1.61. The van der Waals surface area contributed by atoms with Gasteiger partial charge in [-0.2, -0.15) is 0 Å². The minimum atomic E-state index is -0.996. The Morgan fingerprint density at radius 1 is 1.48 bits per heavy atom. The predicted molar refractivity (Wildman–Crippen MR) is 83.7 cm³/mol. The van der Waals surface area contributed by atoms with Gasteiger partial charge in [0.25, 0.3) is 0 Å². The first kappa shape index (κ1) is 15.2. The zero-order valence-corrected chi connectivity index (χ0v) is 12.6. The van der Waals surface area contributed by atoms with E-state index in [1.165, 1.54) is 10.9 Å². The summed E-state index contributed by atoms with van der Waals surface area (Å²) in [5, 5.41) is 22.9. The average Bonchev–Trinajstić information content (AvgIpc) is 2.79. The van der Waals surface area contributed by atoms with E-state index in [0.29, 0.717) is 16.0 Å². The molecule has 0 saturated carbocycles. The number of halogens is 1. The van der Waals surface area contributed by atoms with E-state index in [1.807, 2.05) is 19.1 Å². The minimum Gasteiger partial charge on any atom is -0.480 e. The molecule has 0 unspecified atom stereocenters. The van der Waals surface area contributed by atoms with Crippen LogP contribution in [0.25, 0.3) is 0 Å². The quantitative estimate of drug-likeness (QED) is 0.742. The molecule has 0 saturated heterocycles. The van der Waals surface area contributed by atoms with Gasteiger partial charge in [-0.05, 0) is 42.9 Å². The monoisotopic (exact) mass is 325 g/mol. The minimum absolute atomic E-state index is 0.259. The maximum Gasteiger partial charge on any atom is 0.325 e. The topological polar surface area (TPSA) is 92.1 Å². The number of hydrogen-bond acceptors (Lipinski definition) is 4. The van der Waals surface area contributed by atoms with E-state index in [4.69, 9.17) is 28.9 Å². The Balaban J connectivity index is 1.98. The highest BCUT2D eigenvalue weighted by molar-refractivity contribution is 7.80. The molecule has 1 aromatic carbocycles. The molecule has 0 radical (unpaired) electrons. The van der Waals surface area contributed by atoms with Crippen LogP contribution in [0.2, 0.25) is 5.02 Å². The summed E-state index contributed by atoms with van der Waals surface area (Å²) in [6, 6.07) is 5.38. The molecule has 2 aromatic rings. The van der Waals surface area contributed by atoms with Gasteiger partial charge in [0.2, 0.25) is 0 Å². The number of hydrogen-bond donors (Lipinski definition) is 3. The van der Waals surface area contributed by atoms with Crippen LogP contribution in [0.1, 0.15) is 5.56 Å². The van der Waals surface area contributed by atoms with Crippen LogP contribution in [0.4, 0.5) is 11.5 Å². The Bertz CT molecular complexity index is 688. The number of benzene rings is 1.